The van der Waals surface area contributed by atoms with E-state index < -0.39 is 23.4 Å². The van der Waals surface area contributed by atoms with E-state index in [9.17, 15) is 9.90 Å². The molecule has 1 aliphatic carbocycles. The molecule has 0 spiro atoms. The fourth-order valence-corrected chi connectivity index (χ4v) is 4.99. The molecule has 0 bridgehead atoms. The maximum absolute atomic E-state index is 11.4. The van der Waals surface area contributed by atoms with Gasteiger partial charge in [-0.15, -0.1) is 0 Å². The van der Waals surface area contributed by atoms with Crippen molar-refractivity contribution in [3.63, 3.8) is 0 Å². The molecule has 2 aromatic heterocycles. The summed E-state index contributed by atoms with van der Waals surface area (Å²) in [6, 6.07) is 0.194. The fourth-order valence-electron chi connectivity index (χ4n) is 4.99. The number of nitrogens with two attached hydrogens (primary N) is 1. The molecule has 5 rings (SSSR count). The zero-order valence-electron chi connectivity index (χ0n) is 18.1. The second kappa shape index (κ2) is 6.83. The standard InChI is InChI=1S/C20H28N6O5/c1-19(2)30-13-11(7-25(4)10-5-20(3,6-10)18(27)28)29-17(14(13)31-19)26-9-24-12-15(21)22-8-23-16(12)26/h8-11,13-14,17H,5-7H2,1-4H3,(H,27,28)(H2,21,22,23)/t10?,11-,13-,14-,17-,20?/m1/s1. The zero-order valence-corrected chi connectivity index (χ0v) is 18.1. The lowest BCUT2D eigenvalue weighted by atomic mass is 9.66. The first-order valence-corrected chi connectivity index (χ1v) is 10.5. The number of hydrogen-bond donors (Lipinski definition) is 2. The van der Waals surface area contributed by atoms with Gasteiger partial charge in [0.2, 0.25) is 0 Å². The van der Waals surface area contributed by atoms with E-state index >= 15 is 0 Å². The molecule has 4 heterocycles. The monoisotopic (exact) mass is 432 g/mol. The maximum Gasteiger partial charge on any atom is 0.309 e. The van der Waals surface area contributed by atoms with Crippen LogP contribution in [-0.4, -0.2) is 79.2 Å². The first-order valence-electron chi connectivity index (χ1n) is 10.5. The van der Waals surface area contributed by atoms with E-state index in [2.05, 4.69) is 19.9 Å². The number of nitrogens with zero attached hydrogens (tertiary/aromatic N) is 5. The highest BCUT2D eigenvalue weighted by Gasteiger charge is 2.57. The molecule has 11 heteroatoms. The lowest BCUT2D eigenvalue weighted by Crippen LogP contribution is -2.54. The second-order valence-corrected chi connectivity index (χ2v) is 9.58. The van der Waals surface area contributed by atoms with Crippen molar-refractivity contribution >= 4 is 23.0 Å². The molecular weight excluding hydrogens is 404 g/mol. The van der Waals surface area contributed by atoms with Crippen molar-refractivity contribution in [2.45, 2.75) is 70.0 Å². The highest BCUT2D eigenvalue weighted by atomic mass is 16.8. The summed E-state index contributed by atoms with van der Waals surface area (Å²) in [5, 5.41) is 9.40. The van der Waals surface area contributed by atoms with Gasteiger partial charge in [-0.1, -0.05) is 0 Å². The predicted octanol–water partition coefficient (Wildman–Crippen LogP) is 1.01. The summed E-state index contributed by atoms with van der Waals surface area (Å²) in [6.07, 6.45) is 2.94. The van der Waals surface area contributed by atoms with Gasteiger partial charge in [-0.3, -0.25) is 9.36 Å². The smallest absolute Gasteiger partial charge is 0.309 e. The second-order valence-electron chi connectivity index (χ2n) is 9.58. The third-order valence-electron chi connectivity index (χ3n) is 6.77. The summed E-state index contributed by atoms with van der Waals surface area (Å²) < 4.78 is 20.6. The maximum atomic E-state index is 11.4. The Morgan fingerprint density at radius 1 is 1.26 bits per heavy atom. The minimum Gasteiger partial charge on any atom is -0.481 e. The van der Waals surface area contributed by atoms with Crippen molar-refractivity contribution in [3.8, 4) is 0 Å². The third kappa shape index (κ3) is 3.27. The number of carbonyl (C=O) groups is 1. The molecule has 0 radical (unpaired) electrons. The number of fused-ring (bicyclic) bond motifs is 2. The molecule has 0 unspecified atom stereocenters. The number of carboxylic acids is 1. The number of aliphatic carboxylic acids is 1. The largest absolute Gasteiger partial charge is 0.481 e. The van der Waals surface area contributed by atoms with Crippen LogP contribution in [0.3, 0.4) is 0 Å². The summed E-state index contributed by atoms with van der Waals surface area (Å²) in [5.41, 5.74) is 6.39. The van der Waals surface area contributed by atoms with Crippen LogP contribution in [0.2, 0.25) is 0 Å². The summed E-state index contributed by atoms with van der Waals surface area (Å²) >= 11 is 0. The lowest BCUT2D eigenvalue weighted by molar-refractivity contribution is -0.199. The number of likely N-dealkylation sites (N-methyl/N-ethyl adjacent to an activating group) is 1. The highest BCUT2D eigenvalue weighted by Crippen LogP contribution is 2.46. The Morgan fingerprint density at radius 2 is 1.97 bits per heavy atom. The topological polar surface area (TPSA) is 138 Å². The van der Waals surface area contributed by atoms with Crippen LogP contribution in [0, 0.1) is 5.41 Å². The summed E-state index contributed by atoms with van der Waals surface area (Å²) in [4.78, 5) is 26.3. The molecule has 0 amide bonds. The molecule has 2 aliphatic heterocycles. The van der Waals surface area contributed by atoms with Crippen LogP contribution < -0.4 is 5.73 Å². The molecule has 3 aliphatic rings. The predicted molar refractivity (Wildman–Crippen MR) is 109 cm³/mol. The van der Waals surface area contributed by atoms with Gasteiger partial charge in [0, 0.05) is 12.6 Å². The Balaban J connectivity index is 1.37. The SMILES string of the molecule is CN(C[C@H]1O[C@@H](n2cnc3c(N)ncnc32)[C@@H]2OC(C)(C)O[C@@H]21)C1CC(C)(C(=O)O)C1. The van der Waals surface area contributed by atoms with Crippen molar-refractivity contribution < 1.29 is 24.1 Å². The van der Waals surface area contributed by atoms with E-state index in [4.69, 9.17) is 19.9 Å². The molecule has 31 heavy (non-hydrogen) atoms. The number of aromatic nitrogens is 4. The van der Waals surface area contributed by atoms with Gasteiger partial charge in [0.25, 0.3) is 0 Å². The molecule has 4 atom stereocenters. The van der Waals surface area contributed by atoms with Crippen LogP contribution in [0.1, 0.15) is 39.8 Å². The average Bonchev–Trinajstić information content (AvgIpc) is 3.31. The number of ether oxygens (including phenoxy) is 3. The summed E-state index contributed by atoms with van der Waals surface area (Å²) in [6.45, 7) is 6.17. The van der Waals surface area contributed by atoms with E-state index in [-0.39, 0.29) is 24.4 Å². The average molecular weight is 432 g/mol. The van der Waals surface area contributed by atoms with Crippen molar-refractivity contribution in [2.24, 2.45) is 5.41 Å². The number of carboxylic acid groups (broad SMARTS) is 1. The molecule has 11 nitrogen and oxygen atoms in total. The van der Waals surface area contributed by atoms with Crippen LogP contribution in [0.4, 0.5) is 5.82 Å². The Labute approximate surface area is 179 Å². The number of rotatable bonds is 5. The van der Waals surface area contributed by atoms with Crippen molar-refractivity contribution in [1.82, 2.24) is 24.4 Å². The Kier molecular flexibility index (Phi) is 4.53. The van der Waals surface area contributed by atoms with Gasteiger partial charge < -0.3 is 30.0 Å². The molecule has 3 fully saturated rings. The Morgan fingerprint density at radius 3 is 2.68 bits per heavy atom. The van der Waals surface area contributed by atoms with Crippen LogP contribution in [0.5, 0.6) is 0 Å². The van der Waals surface area contributed by atoms with Crippen LogP contribution in [0.15, 0.2) is 12.7 Å². The van der Waals surface area contributed by atoms with Gasteiger partial charge in [0.1, 0.15) is 30.2 Å². The van der Waals surface area contributed by atoms with Crippen LogP contribution in [-0.2, 0) is 19.0 Å². The quantitative estimate of drug-likeness (QED) is 0.704. The molecular formula is C20H28N6O5. The summed E-state index contributed by atoms with van der Waals surface area (Å²) in [7, 11) is 2.00. The number of nitrogen functional groups attached to an aromatic ring is 1. The number of hydrogen-bond acceptors (Lipinski definition) is 9. The molecule has 168 valence electrons. The van der Waals surface area contributed by atoms with Crippen LogP contribution >= 0.6 is 0 Å². The lowest BCUT2D eigenvalue weighted by Gasteiger charge is -2.46. The van der Waals surface area contributed by atoms with E-state index in [1.165, 1.54) is 6.33 Å². The minimum absolute atomic E-state index is 0.194. The fraction of sp³-hybridized carbons (Fsp3) is 0.700. The number of anilines is 1. The minimum atomic E-state index is -0.739. The first-order chi connectivity index (χ1) is 14.6. The summed E-state index contributed by atoms with van der Waals surface area (Å²) in [5.74, 6) is -1.17. The molecule has 2 aromatic rings. The van der Waals surface area contributed by atoms with Crippen LogP contribution in [0.25, 0.3) is 11.2 Å². The molecule has 2 saturated heterocycles. The zero-order chi connectivity index (χ0) is 22.1. The Hall–Kier alpha value is -2.34. The normalized spacial score (nSPS) is 36.6. The van der Waals surface area contributed by atoms with E-state index in [1.807, 2.05) is 25.5 Å². The van der Waals surface area contributed by atoms with Gasteiger partial charge in [-0.25, -0.2) is 15.0 Å². The molecule has 1 saturated carbocycles. The van der Waals surface area contributed by atoms with Gasteiger partial charge in [0.05, 0.1) is 11.7 Å². The van der Waals surface area contributed by atoms with Gasteiger partial charge >= 0.3 is 5.97 Å². The van der Waals surface area contributed by atoms with Crippen molar-refractivity contribution in [1.29, 1.82) is 0 Å². The van der Waals surface area contributed by atoms with Gasteiger partial charge in [-0.2, -0.15) is 0 Å². The number of imidazole rings is 1. The van der Waals surface area contributed by atoms with E-state index in [0.717, 1.165) is 0 Å². The van der Waals surface area contributed by atoms with Crippen molar-refractivity contribution in [2.75, 3.05) is 19.3 Å². The van der Waals surface area contributed by atoms with Gasteiger partial charge in [-0.05, 0) is 40.7 Å². The van der Waals surface area contributed by atoms with E-state index in [0.29, 0.717) is 36.4 Å². The highest BCUT2D eigenvalue weighted by molar-refractivity contribution is 5.81. The molecule has 0 aromatic carbocycles. The van der Waals surface area contributed by atoms with Gasteiger partial charge in [0.15, 0.2) is 23.5 Å². The van der Waals surface area contributed by atoms with E-state index in [1.54, 1.807) is 13.3 Å². The first kappa shape index (κ1) is 20.6. The van der Waals surface area contributed by atoms with Crippen molar-refractivity contribution in [3.05, 3.63) is 12.7 Å². The third-order valence-corrected chi connectivity index (χ3v) is 6.77. The molecule has 3 N–H and O–H groups in total. The Bertz CT molecular complexity index is 1020.